The van der Waals surface area contributed by atoms with Gasteiger partial charge >= 0.3 is 6.03 Å². The lowest BCUT2D eigenvalue weighted by Gasteiger charge is -2.10. The van der Waals surface area contributed by atoms with E-state index in [0.29, 0.717) is 11.1 Å². The van der Waals surface area contributed by atoms with Gasteiger partial charge in [0.2, 0.25) is 0 Å². The minimum atomic E-state index is -0.705. The summed E-state index contributed by atoms with van der Waals surface area (Å²) >= 11 is 0. The van der Waals surface area contributed by atoms with Gasteiger partial charge in [-0.3, -0.25) is 14.9 Å². The molecule has 3 aromatic carbocycles. The number of carbonyl (C=O) groups excluding carboxylic acids is 2. The van der Waals surface area contributed by atoms with Gasteiger partial charge in [0, 0.05) is 51.4 Å². The molecule has 2 heterocycles. The highest BCUT2D eigenvalue weighted by atomic mass is 19.1. The minimum Gasteiger partial charge on any atom is -0.308 e. The number of carbonyl (C=O) groups is 2. The van der Waals surface area contributed by atoms with Crippen molar-refractivity contribution in [2.75, 3.05) is 10.6 Å². The predicted octanol–water partition coefficient (Wildman–Crippen LogP) is 5.78. The molecule has 2 amide bonds. The summed E-state index contributed by atoms with van der Waals surface area (Å²) in [7, 11) is 0. The molecule has 0 aliphatic carbocycles. The first-order chi connectivity index (χ1) is 16.9. The first-order valence-corrected chi connectivity index (χ1v) is 10.5. The van der Waals surface area contributed by atoms with Gasteiger partial charge in [0.05, 0.1) is 11.7 Å². The second-order valence-corrected chi connectivity index (χ2v) is 7.77. The van der Waals surface area contributed by atoms with Crippen LogP contribution < -0.4 is 10.6 Å². The number of amides is 2. The third kappa shape index (κ3) is 4.88. The maximum absolute atomic E-state index is 14.3. The van der Waals surface area contributed by atoms with Crippen LogP contribution in [0.25, 0.3) is 22.0 Å². The predicted molar refractivity (Wildman–Crippen MR) is 128 cm³/mol. The van der Waals surface area contributed by atoms with E-state index in [2.05, 4.69) is 25.8 Å². The van der Waals surface area contributed by atoms with E-state index < -0.39 is 23.4 Å². The van der Waals surface area contributed by atoms with E-state index in [-0.39, 0.29) is 16.9 Å². The largest absolute Gasteiger partial charge is 0.323 e. The summed E-state index contributed by atoms with van der Waals surface area (Å²) in [5.41, 5.74) is 3.09. The first-order valence-electron chi connectivity index (χ1n) is 10.5. The summed E-state index contributed by atoms with van der Waals surface area (Å²) in [6.45, 7) is 0. The van der Waals surface area contributed by atoms with Gasteiger partial charge in [-0.2, -0.15) is 5.10 Å². The molecular formula is C26H17F2N5O2. The molecule has 3 N–H and O–H groups in total. The van der Waals surface area contributed by atoms with E-state index in [1.54, 1.807) is 36.8 Å². The minimum absolute atomic E-state index is 0.0596. The zero-order valence-corrected chi connectivity index (χ0v) is 18.0. The quantitative estimate of drug-likeness (QED) is 0.284. The summed E-state index contributed by atoms with van der Waals surface area (Å²) in [4.78, 5) is 29.8. The summed E-state index contributed by atoms with van der Waals surface area (Å²) in [5.74, 6) is -1.63. The molecule has 0 saturated carbocycles. The fraction of sp³-hybridized carbons (Fsp3) is 0. The van der Waals surface area contributed by atoms with Crippen LogP contribution in [0.15, 0.2) is 85.3 Å². The zero-order chi connectivity index (χ0) is 24.4. The lowest BCUT2D eigenvalue weighted by atomic mass is 10.00. The van der Waals surface area contributed by atoms with Gasteiger partial charge < -0.3 is 10.6 Å². The number of nitrogens with one attached hydrogen (secondary N) is 3. The molecular weight excluding hydrogens is 452 g/mol. The molecule has 0 fully saturated rings. The second-order valence-electron chi connectivity index (χ2n) is 7.77. The van der Waals surface area contributed by atoms with Crippen molar-refractivity contribution in [2.45, 2.75) is 0 Å². The Morgan fingerprint density at radius 1 is 0.771 bits per heavy atom. The number of rotatable bonds is 5. The van der Waals surface area contributed by atoms with Gasteiger partial charge in [-0.05, 0) is 60.7 Å². The van der Waals surface area contributed by atoms with Crippen LogP contribution in [0, 0.1) is 11.6 Å². The smallest absolute Gasteiger partial charge is 0.308 e. The van der Waals surface area contributed by atoms with Crippen molar-refractivity contribution in [3.05, 3.63) is 108 Å². The van der Waals surface area contributed by atoms with Crippen molar-refractivity contribution in [2.24, 2.45) is 0 Å². The Bertz CT molecular complexity index is 1570. The molecule has 9 heteroatoms. The number of benzene rings is 3. The zero-order valence-electron chi connectivity index (χ0n) is 18.0. The van der Waals surface area contributed by atoms with Gasteiger partial charge in [-0.15, -0.1) is 0 Å². The molecule has 0 aliphatic rings. The van der Waals surface area contributed by atoms with Crippen LogP contribution in [0.5, 0.6) is 0 Å². The molecule has 0 bridgehead atoms. The lowest BCUT2D eigenvalue weighted by molar-refractivity contribution is 0.103. The van der Waals surface area contributed by atoms with E-state index >= 15 is 0 Å². The number of ketones is 1. The molecule has 0 atom stereocenters. The van der Waals surface area contributed by atoms with Crippen molar-refractivity contribution in [3.63, 3.8) is 0 Å². The summed E-state index contributed by atoms with van der Waals surface area (Å²) in [6, 6.07) is 15.1. The average Bonchev–Trinajstić information content (AvgIpc) is 3.37. The first kappa shape index (κ1) is 21.9. The Morgan fingerprint density at radius 2 is 1.60 bits per heavy atom. The van der Waals surface area contributed by atoms with Gasteiger partial charge in [0.15, 0.2) is 5.78 Å². The number of hydrogen-bond acceptors (Lipinski definition) is 4. The normalized spacial score (nSPS) is 10.8. The number of halogens is 2. The number of nitrogens with zero attached hydrogens (tertiary/aromatic N) is 2. The Morgan fingerprint density at radius 3 is 2.40 bits per heavy atom. The fourth-order valence-electron chi connectivity index (χ4n) is 3.66. The van der Waals surface area contributed by atoms with Crippen LogP contribution in [0.4, 0.5) is 25.0 Å². The highest BCUT2D eigenvalue weighted by Gasteiger charge is 2.14. The topological polar surface area (TPSA) is 99.8 Å². The number of pyridine rings is 1. The molecule has 7 nitrogen and oxygen atoms in total. The molecule has 172 valence electrons. The number of H-pyrrole nitrogens is 1. The van der Waals surface area contributed by atoms with E-state index in [1.807, 2.05) is 6.07 Å². The average molecular weight is 469 g/mol. The molecule has 0 spiro atoms. The van der Waals surface area contributed by atoms with Crippen LogP contribution in [-0.4, -0.2) is 27.0 Å². The highest BCUT2D eigenvalue weighted by molar-refractivity contribution is 6.11. The summed E-state index contributed by atoms with van der Waals surface area (Å²) < 4.78 is 27.6. The highest BCUT2D eigenvalue weighted by Crippen LogP contribution is 2.24. The number of hydrogen-bond donors (Lipinski definition) is 3. The molecule has 5 rings (SSSR count). The van der Waals surface area contributed by atoms with E-state index in [9.17, 15) is 18.4 Å². The van der Waals surface area contributed by atoms with E-state index in [4.69, 9.17) is 0 Å². The van der Waals surface area contributed by atoms with Crippen molar-refractivity contribution >= 4 is 34.1 Å². The third-order valence-electron chi connectivity index (χ3n) is 5.28. The molecule has 0 unspecified atom stereocenters. The molecule has 0 radical (unpaired) electrons. The standard InChI is InChI=1S/C26H17F2N5O2/c27-20-2-1-3-22(10-20)32-26(35)33-23-9-17(8-21(28)11-23)25(34)15-4-5-24-16(6-15)7-18(12-29-24)19-13-30-31-14-19/h1-14H,(H,30,31)(H2,32,33,35). The van der Waals surface area contributed by atoms with Crippen molar-refractivity contribution in [1.29, 1.82) is 0 Å². The van der Waals surface area contributed by atoms with Gasteiger partial charge in [-0.1, -0.05) is 6.07 Å². The van der Waals surface area contributed by atoms with Crippen LogP contribution >= 0.6 is 0 Å². The molecule has 35 heavy (non-hydrogen) atoms. The Labute approximate surface area is 197 Å². The van der Waals surface area contributed by atoms with E-state index in [0.717, 1.165) is 34.7 Å². The molecule has 2 aromatic heterocycles. The maximum atomic E-state index is 14.3. The number of anilines is 2. The fourth-order valence-corrected chi connectivity index (χ4v) is 3.66. The summed E-state index contributed by atoms with van der Waals surface area (Å²) in [5, 5.41) is 12.3. The monoisotopic (exact) mass is 469 g/mol. The molecule has 0 aliphatic heterocycles. The Hall–Kier alpha value is -4.92. The summed E-state index contributed by atoms with van der Waals surface area (Å²) in [6.07, 6.45) is 5.13. The van der Waals surface area contributed by atoms with Crippen LogP contribution in [0.3, 0.4) is 0 Å². The lowest BCUT2D eigenvalue weighted by Crippen LogP contribution is -2.20. The third-order valence-corrected chi connectivity index (χ3v) is 5.28. The number of aromatic amines is 1. The SMILES string of the molecule is O=C(Nc1cccc(F)c1)Nc1cc(F)cc(C(=O)c2ccc3ncc(-c4cn[nH]c4)cc3c2)c1. The van der Waals surface area contributed by atoms with Gasteiger partial charge in [0.1, 0.15) is 11.6 Å². The Balaban J connectivity index is 1.39. The van der Waals surface area contributed by atoms with Crippen molar-refractivity contribution in [3.8, 4) is 11.1 Å². The maximum Gasteiger partial charge on any atom is 0.323 e. The van der Waals surface area contributed by atoms with Crippen LogP contribution in [0.1, 0.15) is 15.9 Å². The van der Waals surface area contributed by atoms with Crippen molar-refractivity contribution < 1.29 is 18.4 Å². The van der Waals surface area contributed by atoms with Crippen LogP contribution in [0.2, 0.25) is 0 Å². The number of aromatic nitrogens is 3. The Kier molecular flexibility index (Phi) is 5.72. The molecule has 5 aromatic rings. The number of fused-ring (bicyclic) bond motifs is 1. The van der Waals surface area contributed by atoms with Gasteiger partial charge in [-0.25, -0.2) is 13.6 Å². The molecule has 0 saturated heterocycles. The van der Waals surface area contributed by atoms with E-state index in [1.165, 1.54) is 24.3 Å². The van der Waals surface area contributed by atoms with Crippen molar-refractivity contribution in [1.82, 2.24) is 15.2 Å². The van der Waals surface area contributed by atoms with Crippen LogP contribution in [-0.2, 0) is 0 Å². The number of urea groups is 1. The van der Waals surface area contributed by atoms with Gasteiger partial charge in [0.25, 0.3) is 0 Å². The second kappa shape index (κ2) is 9.14.